The second kappa shape index (κ2) is 5.99. The molecule has 22 heavy (non-hydrogen) atoms. The number of carbonyl (C=O) groups excluding carboxylic acids is 2. The number of imide groups is 1. The summed E-state index contributed by atoms with van der Waals surface area (Å²) in [4.78, 5) is 28.2. The number of hydrogen-bond donors (Lipinski definition) is 0. The molecule has 0 radical (unpaired) electrons. The second-order valence-electron chi connectivity index (χ2n) is 6.05. The molecule has 1 aliphatic carbocycles. The van der Waals surface area contributed by atoms with Gasteiger partial charge in [0.05, 0.1) is 6.54 Å². The van der Waals surface area contributed by atoms with Crippen LogP contribution in [0.1, 0.15) is 32.1 Å². The van der Waals surface area contributed by atoms with Crippen molar-refractivity contribution in [3.05, 3.63) is 30.3 Å². The van der Waals surface area contributed by atoms with Gasteiger partial charge < -0.3 is 9.64 Å². The maximum absolute atomic E-state index is 12.8. The fourth-order valence-corrected chi connectivity index (χ4v) is 3.50. The highest BCUT2D eigenvalue weighted by Gasteiger charge is 2.55. The van der Waals surface area contributed by atoms with Gasteiger partial charge in [-0.05, 0) is 25.0 Å². The molecular formula is C17H22N2O3. The molecule has 0 atom stereocenters. The van der Waals surface area contributed by atoms with Crippen molar-refractivity contribution in [2.24, 2.45) is 0 Å². The fourth-order valence-electron chi connectivity index (χ4n) is 3.50. The smallest absolute Gasteiger partial charge is 0.327 e. The molecule has 3 rings (SSSR count). The normalized spacial score (nSPS) is 20.8. The first-order valence-corrected chi connectivity index (χ1v) is 7.93. The van der Waals surface area contributed by atoms with Gasteiger partial charge in [-0.2, -0.15) is 0 Å². The van der Waals surface area contributed by atoms with Crippen LogP contribution in [0.25, 0.3) is 0 Å². The number of urea groups is 1. The summed E-state index contributed by atoms with van der Waals surface area (Å²) in [6.07, 6.45) is 4.73. The van der Waals surface area contributed by atoms with Crippen LogP contribution in [-0.4, -0.2) is 47.5 Å². The van der Waals surface area contributed by atoms with Crippen LogP contribution in [0.15, 0.2) is 30.3 Å². The molecule has 1 saturated heterocycles. The number of nitrogens with zero attached hydrogens (tertiary/aromatic N) is 2. The van der Waals surface area contributed by atoms with Gasteiger partial charge in [-0.1, -0.05) is 37.5 Å². The molecule has 0 bridgehead atoms. The van der Waals surface area contributed by atoms with E-state index in [2.05, 4.69) is 0 Å². The second-order valence-corrected chi connectivity index (χ2v) is 6.05. The lowest BCUT2D eigenvalue weighted by Gasteiger charge is -2.35. The summed E-state index contributed by atoms with van der Waals surface area (Å²) in [5.74, 6) is 0.707. The third kappa shape index (κ3) is 2.45. The summed E-state index contributed by atoms with van der Waals surface area (Å²) in [7, 11) is 1.75. The maximum Gasteiger partial charge on any atom is 0.327 e. The van der Waals surface area contributed by atoms with E-state index >= 15 is 0 Å². The molecule has 1 aliphatic heterocycles. The highest BCUT2D eigenvalue weighted by atomic mass is 16.5. The van der Waals surface area contributed by atoms with E-state index in [1.165, 1.54) is 4.90 Å². The lowest BCUT2D eigenvalue weighted by Crippen LogP contribution is -2.49. The van der Waals surface area contributed by atoms with Gasteiger partial charge in [-0.3, -0.25) is 9.69 Å². The van der Waals surface area contributed by atoms with Crippen molar-refractivity contribution in [1.29, 1.82) is 0 Å². The number of rotatable bonds is 4. The summed E-state index contributed by atoms with van der Waals surface area (Å²) >= 11 is 0. The van der Waals surface area contributed by atoms with E-state index in [9.17, 15) is 9.59 Å². The molecule has 5 nitrogen and oxygen atoms in total. The SMILES string of the molecule is CN1C(=O)N(CCOc2ccccc2)C(=O)C12CCCCC2. The van der Waals surface area contributed by atoms with E-state index in [0.29, 0.717) is 13.2 Å². The van der Waals surface area contributed by atoms with E-state index in [-0.39, 0.29) is 11.9 Å². The highest BCUT2D eigenvalue weighted by molar-refractivity contribution is 6.06. The van der Waals surface area contributed by atoms with Crippen molar-refractivity contribution in [3.8, 4) is 5.75 Å². The van der Waals surface area contributed by atoms with Gasteiger partial charge in [-0.15, -0.1) is 0 Å². The minimum Gasteiger partial charge on any atom is -0.492 e. The lowest BCUT2D eigenvalue weighted by molar-refractivity contribution is -0.134. The molecule has 0 N–H and O–H groups in total. The summed E-state index contributed by atoms with van der Waals surface area (Å²) in [6, 6.07) is 9.24. The minimum atomic E-state index is -0.595. The van der Waals surface area contributed by atoms with Gasteiger partial charge in [0.1, 0.15) is 17.9 Å². The van der Waals surface area contributed by atoms with Crippen molar-refractivity contribution < 1.29 is 14.3 Å². The number of para-hydroxylation sites is 1. The molecule has 0 unspecified atom stereocenters. The Bertz CT molecular complexity index is 552. The van der Waals surface area contributed by atoms with E-state index < -0.39 is 5.54 Å². The first kappa shape index (κ1) is 14.9. The standard InChI is InChI=1S/C17H22N2O3/c1-18-16(21)19(12-13-22-14-8-4-2-5-9-14)15(20)17(18)10-6-3-7-11-17/h2,4-5,8-9H,3,6-7,10-13H2,1H3. The van der Waals surface area contributed by atoms with Crippen LogP contribution in [0, 0.1) is 0 Å². The summed E-state index contributed by atoms with van der Waals surface area (Å²) in [5.41, 5.74) is -0.595. The topological polar surface area (TPSA) is 49.9 Å². The van der Waals surface area contributed by atoms with E-state index in [4.69, 9.17) is 4.74 Å². The molecule has 1 aromatic rings. The molecule has 0 aromatic heterocycles. The molecule has 3 amide bonds. The first-order chi connectivity index (χ1) is 10.6. The number of likely N-dealkylation sites (N-methyl/N-ethyl adjacent to an activating group) is 1. The molecule has 1 spiro atoms. The Morgan fingerprint density at radius 3 is 2.45 bits per heavy atom. The summed E-state index contributed by atoms with van der Waals surface area (Å²) in [6.45, 7) is 0.629. The highest BCUT2D eigenvalue weighted by Crippen LogP contribution is 2.39. The third-order valence-corrected chi connectivity index (χ3v) is 4.81. The average Bonchev–Trinajstić information content (AvgIpc) is 2.73. The molecule has 1 heterocycles. The van der Waals surface area contributed by atoms with E-state index in [0.717, 1.165) is 37.9 Å². The Morgan fingerprint density at radius 2 is 1.77 bits per heavy atom. The Labute approximate surface area is 130 Å². The Balaban J connectivity index is 1.64. The third-order valence-electron chi connectivity index (χ3n) is 4.81. The lowest BCUT2D eigenvalue weighted by atomic mass is 9.81. The number of hydrogen-bond acceptors (Lipinski definition) is 3. The maximum atomic E-state index is 12.8. The molecule has 1 aromatic carbocycles. The largest absolute Gasteiger partial charge is 0.492 e. The molecule has 2 fully saturated rings. The van der Waals surface area contributed by atoms with Crippen LogP contribution >= 0.6 is 0 Å². The Kier molecular flexibility index (Phi) is 4.05. The van der Waals surface area contributed by atoms with Crippen LogP contribution < -0.4 is 4.74 Å². The van der Waals surface area contributed by atoms with Crippen molar-refractivity contribution in [2.45, 2.75) is 37.6 Å². The van der Waals surface area contributed by atoms with Crippen LogP contribution in [-0.2, 0) is 4.79 Å². The predicted octanol–water partition coefficient (Wildman–Crippen LogP) is 2.66. The van der Waals surface area contributed by atoms with E-state index in [1.807, 2.05) is 30.3 Å². The Hall–Kier alpha value is -2.04. The Morgan fingerprint density at radius 1 is 1.09 bits per heavy atom. The summed E-state index contributed by atoms with van der Waals surface area (Å²) < 4.78 is 5.61. The van der Waals surface area contributed by atoms with Crippen LogP contribution in [0.2, 0.25) is 0 Å². The fraction of sp³-hybridized carbons (Fsp3) is 0.529. The van der Waals surface area contributed by atoms with Gasteiger partial charge in [0, 0.05) is 7.05 Å². The van der Waals surface area contributed by atoms with Crippen molar-refractivity contribution in [1.82, 2.24) is 9.80 Å². The van der Waals surface area contributed by atoms with E-state index in [1.54, 1.807) is 11.9 Å². The van der Waals surface area contributed by atoms with Crippen LogP contribution in [0.3, 0.4) is 0 Å². The minimum absolute atomic E-state index is 0.0450. The number of benzene rings is 1. The molecule has 5 heteroatoms. The van der Waals surface area contributed by atoms with Gasteiger partial charge >= 0.3 is 6.03 Å². The van der Waals surface area contributed by atoms with Gasteiger partial charge in [0.2, 0.25) is 0 Å². The molecule has 118 valence electrons. The zero-order valence-electron chi connectivity index (χ0n) is 13.0. The number of carbonyl (C=O) groups is 2. The summed E-state index contributed by atoms with van der Waals surface area (Å²) in [5, 5.41) is 0. The van der Waals surface area contributed by atoms with Gasteiger partial charge in [0.25, 0.3) is 5.91 Å². The zero-order valence-corrected chi connectivity index (χ0v) is 13.0. The van der Waals surface area contributed by atoms with Gasteiger partial charge in [-0.25, -0.2) is 4.79 Å². The molecular weight excluding hydrogens is 280 g/mol. The quantitative estimate of drug-likeness (QED) is 0.803. The van der Waals surface area contributed by atoms with Crippen LogP contribution in [0.5, 0.6) is 5.75 Å². The first-order valence-electron chi connectivity index (χ1n) is 7.93. The average molecular weight is 302 g/mol. The zero-order chi connectivity index (χ0) is 15.6. The van der Waals surface area contributed by atoms with Crippen LogP contribution in [0.4, 0.5) is 4.79 Å². The molecule has 1 saturated carbocycles. The van der Waals surface area contributed by atoms with Crippen molar-refractivity contribution in [2.75, 3.05) is 20.2 Å². The predicted molar refractivity (Wildman–Crippen MR) is 82.6 cm³/mol. The van der Waals surface area contributed by atoms with Crippen molar-refractivity contribution >= 4 is 11.9 Å². The molecule has 2 aliphatic rings. The van der Waals surface area contributed by atoms with Gasteiger partial charge in [0.15, 0.2) is 0 Å². The number of amides is 3. The monoisotopic (exact) mass is 302 g/mol. The number of ether oxygens (including phenoxy) is 1. The van der Waals surface area contributed by atoms with Crippen molar-refractivity contribution in [3.63, 3.8) is 0 Å².